The summed E-state index contributed by atoms with van der Waals surface area (Å²) in [6.45, 7) is 0. The number of halogens is 1. The predicted molar refractivity (Wildman–Crippen MR) is 105 cm³/mol. The van der Waals surface area contributed by atoms with Crippen LogP contribution in [0.25, 0.3) is 10.9 Å². The Morgan fingerprint density at radius 1 is 1.39 bits per heavy atom. The Kier molecular flexibility index (Phi) is 4.57. The van der Waals surface area contributed by atoms with Crippen molar-refractivity contribution < 1.29 is 9.18 Å². The van der Waals surface area contributed by atoms with Crippen LogP contribution in [0.4, 0.5) is 15.1 Å². The molecule has 2 aromatic heterocycles. The zero-order chi connectivity index (χ0) is 19.8. The maximum Gasteiger partial charge on any atom is 0.270 e. The highest BCUT2D eigenvalue weighted by Crippen LogP contribution is 2.34. The number of pyridine rings is 1. The first kappa shape index (κ1) is 18.1. The molecule has 1 saturated carbocycles. The number of aryl methyl sites for hydroxylation is 1. The van der Waals surface area contributed by atoms with Crippen molar-refractivity contribution in [1.29, 1.82) is 5.26 Å². The van der Waals surface area contributed by atoms with Crippen LogP contribution < -0.4 is 16.2 Å². The summed E-state index contributed by atoms with van der Waals surface area (Å²) in [6.07, 6.45) is 2.40. The van der Waals surface area contributed by atoms with E-state index in [1.165, 1.54) is 10.8 Å². The molecule has 2 N–H and O–H groups in total. The molecule has 0 unspecified atom stereocenters. The van der Waals surface area contributed by atoms with Gasteiger partial charge in [0.05, 0.1) is 17.4 Å². The summed E-state index contributed by atoms with van der Waals surface area (Å²) in [4.78, 5) is 28.2. The minimum atomic E-state index is -0.593. The van der Waals surface area contributed by atoms with Crippen LogP contribution in [-0.2, 0) is 11.8 Å². The maximum absolute atomic E-state index is 12.9. The van der Waals surface area contributed by atoms with Gasteiger partial charge in [-0.2, -0.15) is 9.65 Å². The minimum Gasteiger partial charge on any atom is -0.380 e. The number of carbonyl (C=O) groups excluding carboxylic acids is 1. The summed E-state index contributed by atoms with van der Waals surface area (Å²) in [5, 5.41) is 16.0. The van der Waals surface area contributed by atoms with Crippen molar-refractivity contribution in [3.05, 3.63) is 51.6 Å². The van der Waals surface area contributed by atoms with Crippen molar-refractivity contribution in [3.63, 3.8) is 0 Å². The molecular formula is C19H16FN5O2S. The van der Waals surface area contributed by atoms with Crippen molar-refractivity contribution in [2.75, 3.05) is 10.6 Å². The lowest BCUT2D eigenvalue weighted by molar-refractivity contribution is -0.122. The number of para-hydroxylation sites is 1. The molecule has 0 bridgehead atoms. The van der Waals surface area contributed by atoms with E-state index >= 15 is 0 Å². The average Bonchev–Trinajstić information content (AvgIpc) is 3.06. The van der Waals surface area contributed by atoms with Gasteiger partial charge in [-0.3, -0.25) is 9.59 Å². The van der Waals surface area contributed by atoms with Crippen LogP contribution in [0.3, 0.4) is 0 Å². The molecule has 1 aliphatic rings. The number of hydrogen-bond donors (Lipinski definition) is 2. The van der Waals surface area contributed by atoms with Crippen molar-refractivity contribution in [3.8, 4) is 6.07 Å². The molecule has 0 spiro atoms. The van der Waals surface area contributed by atoms with Gasteiger partial charge in [0.15, 0.2) is 0 Å². The van der Waals surface area contributed by atoms with Gasteiger partial charge in [0.1, 0.15) is 16.6 Å². The molecule has 142 valence electrons. The zero-order valence-electron chi connectivity index (χ0n) is 14.9. The van der Waals surface area contributed by atoms with Crippen LogP contribution in [0, 0.1) is 22.5 Å². The van der Waals surface area contributed by atoms with Crippen LogP contribution in [0.2, 0.25) is 0 Å². The minimum absolute atomic E-state index is 0.0310. The van der Waals surface area contributed by atoms with E-state index in [1.807, 2.05) is 30.3 Å². The van der Waals surface area contributed by atoms with Crippen molar-refractivity contribution >= 4 is 38.8 Å². The lowest BCUT2D eigenvalue weighted by Gasteiger charge is -2.35. The molecule has 0 atom stereocenters. The van der Waals surface area contributed by atoms with E-state index in [0.29, 0.717) is 23.5 Å². The summed E-state index contributed by atoms with van der Waals surface area (Å²) in [7, 11) is 1.64. The van der Waals surface area contributed by atoms with Crippen LogP contribution in [0.5, 0.6) is 0 Å². The van der Waals surface area contributed by atoms with Gasteiger partial charge >= 0.3 is 0 Å². The Morgan fingerprint density at radius 3 is 2.82 bits per heavy atom. The first-order valence-electron chi connectivity index (χ1n) is 8.68. The summed E-state index contributed by atoms with van der Waals surface area (Å²) < 4.78 is 14.4. The third-order valence-corrected chi connectivity index (χ3v) is 5.70. The normalized spacial score (nSPS) is 18.3. The summed E-state index contributed by atoms with van der Waals surface area (Å²) in [5.74, 6) is -0.401. The highest BCUT2D eigenvalue weighted by molar-refractivity contribution is 7.14. The molecule has 0 saturated heterocycles. The molecular weight excluding hydrogens is 381 g/mol. The number of amides is 1. The number of anilines is 2. The monoisotopic (exact) mass is 397 g/mol. The van der Waals surface area contributed by atoms with Gasteiger partial charge in [-0.05, 0) is 18.9 Å². The summed E-state index contributed by atoms with van der Waals surface area (Å²) >= 11 is 0.782. The Morgan fingerprint density at radius 2 is 2.14 bits per heavy atom. The lowest BCUT2D eigenvalue weighted by Crippen LogP contribution is -2.42. The van der Waals surface area contributed by atoms with E-state index in [9.17, 15) is 19.2 Å². The van der Waals surface area contributed by atoms with E-state index in [0.717, 1.165) is 22.2 Å². The van der Waals surface area contributed by atoms with E-state index in [4.69, 9.17) is 0 Å². The van der Waals surface area contributed by atoms with E-state index in [-0.39, 0.29) is 29.0 Å². The SMILES string of the molecule is Cn1c(=O)c(C#N)c(NC2CC(C(=O)Nc3cnc(F)s3)C2)c2ccccc21. The number of carbonyl (C=O) groups is 1. The smallest absolute Gasteiger partial charge is 0.270 e. The summed E-state index contributed by atoms with van der Waals surface area (Å²) in [6, 6.07) is 9.35. The van der Waals surface area contributed by atoms with Crippen molar-refractivity contribution in [1.82, 2.24) is 9.55 Å². The molecule has 7 nitrogen and oxygen atoms in total. The number of hydrogen-bond acceptors (Lipinski definition) is 6. The van der Waals surface area contributed by atoms with Gasteiger partial charge in [0, 0.05) is 24.4 Å². The number of thiazole rings is 1. The number of nitrogens with one attached hydrogen (secondary N) is 2. The van der Waals surface area contributed by atoms with Crippen LogP contribution in [0.1, 0.15) is 18.4 Å². The van der Waals surface area contributed by atoms with Gasteiger partial charge in [-0.1, -0.05) is 29.5 Å². The number of rotatable bonds is 4. The molecule has 9 heteroatoms. The number of benzene rings is 1. The highest BCUT2D eigenvalue weighted by atomic mass is 32.1. The second kappa shape index (κ2) is 7.05. The Balaban J connectivity index is 1.51. The number of nitrogens with zero attached hydrogens (tertiary/aromatic N) is 3. The Bertz CT molecular complexity index is 1170. The molecule has 1 amide bonds. The first-order valence-corrected chi connectivity index (χ1v) is 9.50. The van der Waals surface area contributed by atoms with Crippen LogP contribution in [-0.4, -0.2) is 21.5 Å². The molecule has 0 aliphatic heterocycles. The molecule has 28 heavy (non-hydrogen) atoms. The Labute approximate surface area is 163 Å². The highest BCUT2D eigenvalue weighted by Gasteiger charge is 2.35. The number of nitriles is 1. The van der Waals surface area contributed by atoms with Gasteiger partial charge in [0.25, 0.3) is 10.8 Å². The van der Waals surface area contributed by atoms with E-state index in [1.54, 1.807) is 7.05 Å². The fraction of sp³-hybridized carbons (Fsp3) is 0.263. The molecule has 4 rings (SSSR count). The molecule has 1 fully saturated rings. The molecule has 0 radical (unpaired) electrons. The van der Waals surface area contributed by atoms with Gasteiger partial charge in [0.2, 0.25) is 5.91 Å². The third kappa shape index (κ3) is 3.12. The lowest BCUT2D eigenvalue weighted by atomic mass is 9.79. The van der Waals surface area contributed by atoms with Gasteiger partial charge in [-0.25, -0.2) is 4.98 Å². The Hall–Kier alpha value is -3.25. The van der Waals surface area contributed by atoms with Gasteiger partial charge in [-0.15, -0.1) is 0 Å². The van der Waals surface area contributed by atoms with Crippen molar-refractivity contribution in [2.24, 2.45) is 13.0 Å². The topological polar surface area (TPSA) is 99.8 Å². The fourth-order valence-corrected chi connectivity index (χ4v) is 3.98. The largest absolute Gasteiger partial charge is 0.380 e. The average molecular weight is 397 g/mol. The zero-order valence-corrected chi connectivity index (χ0v) is 15.7. The third-order valence-electron chi connectivity index (χ3n) is 5.00. The number of fused-ring (bicyclic) bond motifs is 1. The van der Waals surface area contributed by atoms with E-state index < -0.39 is 5.26 Å². The molecule has 2 heterocycles. The van der Waals surface area contributed by atoms with Crippen LogP contribution >= 0.6 is 11.3 Å². The molecule has 1 aromatic carbocycles. The predicted octanol–water partition coefficient (Wildman–Crippen LogP) is 2.83. The molecule has 1 aliphatic carbocycles. The first-order chi connectivity index (χ1) is 13.5. The second-order valence-corrected chi connectivity index (χ2v) is 7.70. The quantitative estimate of drug-likeness (QED) is 0.705. The maximum atomic E-state index is 12.9. The summed E-state index contributed by atoms with van der Waals surface area (Å²) in [5.41, 5.74) is 0.947. The molecule has 3 aromatic rings. The standard InChI is InChI=1S/C19H16FN5O2S/c1-25-14-5-3-2-4-12(14)16(13(8-21)18(25)27)23-11-6-10(7-11)17(26)24-15-9-22-19(20)28-15/h2-5,9-11,23H,6-7H2,1H3,(H,24,26). The fourth-order valence-electron chi connectivity index (χ4n) is 3.44. The van der Waals surface area contributed by atoms with Gasteiger partial charge < -0.3 is 15.2 Å². The van der Waals surface area contributed by atoms with Crippen molar-refractivity contribution in [2.45, 2.75) is 18.9 Å². The van der Waals surface area contributed by atoms with Crippen LogP contribution in [0.15, 0.2) is 35.3 Å². The van der Waals surface area contributed by atoms with E-state index in [2.05, 4.69) is 15.6 Å². The second-order valence-electron chi connectivity index (χ2n) is 6.72. The number of aromatic nitrogens is 2.